The molecule has 0 aliphatic rings. The van der Waals surface area contributed by atoms with Gasteiger partial charge < -0.3 is 5.73 Å². The van der Waals surface area contributed by atoms with Crippen LogP contribution >= 0.6 is 22.7 Å². The molecule has 7 aromatic rings. The summed E-state index contributed by atoms with van der Waals surface area (Å²) in [6, 6.07) is 26.1. The summed E-state index contributed by atoms with van der Waals surface area (Å²) >= 11 is 3.17. The average molecular weight is 478 g/mol. The molecule has 4 heterocycles. The van der Waals surface area contributed by atoms with Gasteiger partial charge in [-0.2, -0.15) is 5.10 Å². The Kier molecular flexibility index (Phi) is 4.20. The number of aromatic nitrogens is 6. The zero-order valence-corrected chi connectivity index (χ0v) is 19.2. The van der Waals surface area contributed by atoms with Crippen LogP contribution in [-0.4, -0.2) is 29.9 Å². The molecular weight excluding hydrogens is 462 g/mol. The molecule has 2 N–H and O–H groups in total. The van der Waals surface area contributed by atoms with E-state index in [-0.39, 0.29) is 0 Å². The number of benzene rings is 3. The quantitative estimate of drug-likeness (QED) is 0.338. The number of hydrogen-bond acceptors (Lipinski definition) is 8. The molecule has 0 spiro atoms. The van der Waals surface area contributed by atoms with Gasteiger partial charge in [-0.25, -0.2) is 14.6 Å². The Balaban J connectivity index is 1.57. The highest BCUT2D eigenvalue weighted by atomic mass is 32.1. The summed E-state index contributed by atoms with van der Waals surface area (Å²) < 4.78 is 4.07. The van der Waals surface area contributed by atoms with Crippen molar-refractivity contribution in [2.45, 2.75) is 0 Å². The van der Waals surface area contributed by atoms with Crippen molar-refractivity contribution in [1.29, 1.82) is 0 Å². The molecule has 0 radical (unpaired) electrons. The van der Waals surface area contributed by atoms with Gasteiger partial charge in [0.05, 0.1) is 31.5 Å². The molecule has 0 aliphatic carbocycles. The first-order chi connectivity index (χ1) is 16.8. The fraction of sp³-hybridized carbons (Fsp3) is 0. The van der Waals surface area contributed by atoms with E-state index in [0.29, 0.717) is 17.0 Å². The van der Waals surface area contributed by atoms with Gasteiger partial charge in [0.2, 0.25) is 0 Å². The maximum atomic E-state index is 6.43. The summed E-state index contributed by atoms with van der Waals surface area (Å²) in [7, 11) is 0. The monoisotopic (exact) mass is 477 g/mol. The SMILES string of the molecule is Nc1nnc(-c2nc3ccccc3s2)c2nn(-c3ccccc3)c(-c3nc4ccccc4s3)c12. The van der Waals surface area contributed by atoms with Crippen LogP contribution in [0.3, 0.4) is 0 Å². The van der Waals surface area contributed by atoms with E-state index in [1.807, 2.05) is 77.5 Å². The molecule has 34 heavy (non-hydrogen) atoms. The van der Waals surface area contributed by atoms with Gasteiger partial charge in [0.25, 0.3) is 0 Å². The third kappa shape index (κ3) is 2.91. The lowest BCUT2D eigenvalue weighted by Gasteiger charge is -2.05. The Morgan fingerprint density at radius 2 is 1.29 bits per heavy atom. The fourth-order valence-electron chi connectivity index (χ4n) is 4.07. The van der Waals surface area contributed by atoms with Crippen molar-refractivity contribution in [1.82, 2.24) is 29.9 Å². The maximum absolute atomic E-state index is 6.43. The number of nitrogens with zero attached hydrogens (tertiary/aromatic N) is 6. The minimum absolute atomic E-state index is 0.316. The van der Waals surface area contributed by atoms with E-state index in [0.717, 1.165) is 47.2 Å². The van der Waals surface area contributed by atoms with Crippen LogP contribution in [0, 0.1) is 0 Å². The molecule has 162 valence electrons. The third-order valence-corrected chi connectivity index (χ3v) is 7.70. The molecular formula is C25H15N7S2. The van der Waals surface area contributed by atoms with Gasteiger partial charge in [0.15, 0.2) is 5.82 Å². The highest BCUT2D eigenvalue weighted by molar-refractivity contribution is 7.22. The predicted octanol–water partition coefficient (Wildman–Crippen LogP) is 5.95. The van der Waals surface area contributed by atoms with Crippen molar-refractivity contribution >= 4 is 59.8 Å². The second kappa shape index (κ2) is 7.41. The molecule has 0 amide bonds. The number of anilines is 1. The molecule has 3 aromatic carbocycles. The largest absolute Gasteiger partial charge is 0.382 e. The Labute approximate surface area is 201 Å². The summed E-state index contributed by atoms with van der Waals surface area (Å²) in [6.45, 7) is 0. The first-order valence-corrected chi connectivity index (χ1v) is 12.2. The summed E-state index contributed by atoms with van der Waals surface area (Å²) in [5.74, 6) is 0.316. The van der Waals surface area contributed by atoms with Crippen LogP contribution in [0.2, 0.25) is 0 Å². The first-order valence-electron chi connectivity index (χ1n) is 10.6. The second-order valence-corrected chi connectivity index (χ2v) is 9.79. The smallest absolute Gasteiger partial charge is 0.158 e. The number of nitrogens with two attached hydrogens (primary N) is 1. The van der Waals surface area contributed by atoms with Gasteiger partial charge >= 0.3 is 0 Å². The molecule has 0 bridgehead atoms. The molecule has 7 rings (SSSR count). The predicted molar refractivity (Wildman–Crippen MR) is 138 cm³/mol. The standard InChI is InChI=1S/C25H15N7S2/c26-23-19-20(21(29-30-23)24-27-15-10-4-6-12-17(15)33-24)31-32(14-8-2-1-3-9-14)22(19)25-28-16-11-5-7-13-18(16)34-25/h1-13H,(H2,26,30). The van der Waals surface area contributed by atoms with Crippen molar-refractivity contribution in [3.8, 4) is 27.1 Å². The highest BCUT2D eigenvalue weighted by Crippen LogP contribution is 2.41. The molecule has 0 aliphatic heterocycles. The number of thiazole rings is 2. The fourth-order valence-corrected chi connectivity index (χ4v) is 6.03. The molecule has 0 saturated carbocycles. The van der Waals surface area contributed by atoms with Crippen LogP contribution in [0.15, 0.2) is 78.9 Å². The molecule has 0 fully saturated rings. The maximum Gasteiger partial charge on any atom is 0.158 e. The van der Waals surface area contributed by atoms with Crippen molar-refractivity contribution in [2.75, 3.05) is 5.73 Å². The third-order valence-electron chi connectivity index (χ3n) is 5.62. The van der Waals surface area contributed by atoms with Crippen LogP contribution in [0.5, 0.6) is 0 Å². The minimum atomic E-state index is 0.316. The normalized spacial score (nSPS) is 11.6. The van der Waals surface area contributed by atoms with Crippen LogP contribution in [0.1, 0.15) is 0 Å². The Hall–Kier alpha value is -4.21. The van der Waals surface area contributed by atoms with Crippen LogP contribution in [-0.2, 0) is 0 Å². The van der Waals surface area contributed by atoms with Crippen molar-refractivity contribution < 1.29 is 0 Å². The zero-order chi connectivity index (χ0) is 22.6. The van der Waals surface area contributed by atoms with Gasteiger partial charge in [0, 0.05) is 0 Å². The van der Waals surface area contributed by atoms with Gasteiger partial charge in [-0.15, -0.1) is 32.9 Å². The highest BCUT2D eigenvalue weighted by Gasteiger charge is 2.25. The molecule has 4 aromatic heterocycles. The van der Waals surface area contributed by atoms with Crippen molar-refractivity contribution in [3.05, 3.63) is 78.9 Å². The molecule has 7 nitrogen and oxygen atoms in total. The van der Waals surface area contributed by atoms with E-state index in [1.165, 1.54) is 0 Å². The Bertz CT molecular complexity index is 1770. The second-order valence-electron chi connectivity index (χ2n) is 7.73. The first kappa shape index (κ1) is 19.3. The number of nitrogen functional groups attached to an aromatic ring is 1. The zero-order valence-electron chi connectivity index (χ0n) is 17.6. The van der Waals surface area contributed by atoms with Gasteiger partial charge in [-0.05, 0) is 36.4 Å². The summed E-state index contributed by atoms with van der Waals surface area (Å²) in [5.41, 5.74) is 11.3. The van der Waals surface area contributed by atoms with E-state index in [4.69, 9.17) is 20.8 Å². The Morgan fingerprint density at radius 1 is 0.676 bits per heavy atom. The lowest BCUT2D eigenvalue weighted by Crippen LogP contribution is -1.99. The average Bonchev–Trinajstić information content (AvgIpc) is 3.59. The molecule has 9 heteroatoms. The minimum Gasteiger partial charge on any atom is -0.382 e. The Morgan fingerprint density at radius 3 is 2.00 bits per heavy atom. The van der Waals surface area contributed by atoms with Crippen LogP contribution in [0.25, 0.3) is 58.4 Å². The van der Waals surface area contributed by atoms with Crippen molar-refractivity contribution in [3.63, 3.8) is 0 Å². The summed E-state index contributed by atoms with van der Waals surface area (Å²) in [5, 5.41) is 16.1. The van der Waals surface area contributed by atoms with E-state index in [1.54, 1.807) is 22.7 Å². The van der Waals surface area contributed by atoms with Crippen LogP contribution < -0.4 is 5.73 Å². The van der Waals surface area contributed by atoms with Gasteiger partial charge in [-0.3, -0.25) is 0 Å². The number of para-hydroxylation sites is 3. The van der Waals surface area contributed by atoms with E-state index in [2.05, 4.69) is 16.3 Å². The molecule has 0 saturated heterocycles. The van der Waals surface area contributed by atoms with Gasteiger partial charge in [0.1, 0.15) is 26.9 Å². The molecule has 0 unspecified atom stereocenters. The summed E-state index contributed by atoms with van der Waals surface area (Å²) in [4.78, 5) is 9.71. The van der Waals surface area contributed by atoms with Gasteiger partial charge in [-0.1, -0.05) is 42.5 Å². The van der Waals surface area contributed by atoms with E-state index < -0.39 is 0 Å². The van der Waals surface area contributed by atoms with Crippen LogP contribution in [0.4, 0.5) is 5.82 Å². The number of fused-ring (bicyclic) bond motifs is 3. The topological polar surface area (TPSA) is 95.4 Å². The van der Waals surface area contributed by atoms with Crippen molar-refractivity contribution in [2.24, 2.45) is 0 Å². The summed E-state index contributed by atoms with van der Waals surface area (Å²) in [6.07, 6.45) is 0. The number of rotatable bonds is 3. The van der Waals surface area contributed by atoms with E-state index >= 15 is 0 Å². The lowest BCUT2D eigenvalue weighted by atomic mass is 10.2. The lowest BCUT2D eigenvalue weighted by molar-refractivity contribution is 0.902. The number of hydrogen-bond donors (Lipinski definition) is 1. The molecule has 0 atom stereocenters. The van der Waals surface area contributed by atoms with E-state index in [9.17, 15) is 0 Å².